The summed E-state index contributed by atoms with van der Waals surface area (Å²) in [5.41, 5.74) is -0.605. The molecule has 0 aromatic carbocycles. The van der Waals surface area contributed by atoms with Crippen LogP contribution in [0.3, 0.4) is 0 Å². The Kier molecular flexibility index (Phi) is 9.51. The molecule has 0 amide bonds. The predicted molar refractivity (Wildman–Crippen MR) is 55.1 cm³/mol. The second kappa shape index (κ2) is 8.60. The summed E-state index contributed by atoms with van der Waals surface area (Å²) < 4.78 is 37.0. The van der Waals surface area contributed by atoms with Crippen LogP contribution in [0.4, 0.5) is 13.2 Å². The van der Waals surface area contributed by atoms with Gasteiger partial charge in [0.05, 0.1) is 5.57 Å². The van der Waals surface area contributed by atoms with E-state index in [0.29, 0.717) is 6.42 Å². The summed E-state index contributed by atoms with van der Waals surface area (Å²) in [5.74, 6) is -0.942. The zero-order chi connectivity index (χ0) is 11.7. The molecule has 0 saturated carbocycles. The van der Waals surface area contributed by atoms with E-state index in [2.05, 4.69) is 13.2 Å². The summed E-state index contributed by atoms with van der Waals surface area (Å²) in [7, 11) is 0. The average Bonchev–Trinajstić information content (AvgIpc) is 2.20. The lowest BCUT2D eigenvalue weighted by atomic mass is 10.1. The molecule has 0 unspecified atom stereocenters. The van der Waals surface area contributed by atoms with Gasteiger partial charge in [-0.3, -0.25) is 0 Å². The van der Waals surface area contributed by atoms with Crippen molar-refractivity contribution in [2.45, 2.75) is 33.6 Å². The van der Waals surface area contributed by atoms with E-state index in [1.165, 1.54) is 0 Å². The van der Waals surface area contributed by atoms with E-state index in [1.54, 1.807) is 6.92 Å². The molecule has 0 heterocycles. The van der Waals surface area contributed by atoms with Gasteiger partial charge in [0.25, 0.3) is 6.43 Å². The Bertz CT molecular complexity index is 215. The van der Waals surface area contributed by atoms with Crippen molar-refractivity contribution < 1.29 is 13.2 Å². The number of allylic oxidation sites excluding steroid dienone is 4. The van der Waals surface area contributed by atoms with E-state index in [0.717, 1.165) is 6.08 Å². The van der Waals surface area contributed by atoms with Crippen molar-refractivity contribution in [1.82, 2.24) is 0 Å². The second-order valence-electron chi connectivity index (χ2n) is 2.23. The third kappa shape index (κ3) is 4.90. The summed E-state index contributed by atoms with van der Waals surface area (Å²) in [4.78, 5) is 0. The lowest BCUT2D eigenvalue weighted by Gasteiger charge is -2.04. The van der Waals surface area contributed by atoms with Crippen molar-refractivity contribution in [3.8, 4) is 0 Å². The SMILES string of the molecule is C=C/C(=C(/F)C(=C)CC)C(F)F.CC. The van der Waals surface area contributed by atoms with Gasteiger partial charge in [0.2, 0.25) is 0 Å². The number of alkyl halides is 2. The van der Waals surface area contributed by atoms with Crippen molar-refractivity contribution in [2.24, 2.45) is 0 Å². The summed E-state index contributed by atoms with van der Waals surface area (Å²) in [6, 6.07) is 0. The topological polar surface area (TPSA) is 0 Å². The molecule has 0 bridgehead atoms. The van der Waals surface area contributed by atoms with E-state index < -0.39 is 17.8 Å². The molecule has 0 aliphatic heterocycles. The molecule has 0 N–H and O–H groups in total. The molecule has 0 atom stereocenters. The minimum Gasteiger partial charge on any atom is -0.206 e. The van der Waals surface area contributed by atoms with Crippen LogP contribution in [0, 0.1) is 0 Å². The lowest BCUT2D eigenvalue weighted by Crippen LogP contribution is -1.97. The molecule has 0 fully saturated rings. The largest absolute Gasteiger partial charge is 0.266 e. The normalized spacial score (nSPS) is 11.4. The van der Waals surface area contributed by atoms with Crippen LogP contribution >= 0.6 is 0 Å². The van der Waals surface area contributed by atoms with Crippen LogP contribution in [0.1, 0.15) is 27.2 Å². The highest BCUT2D eigenvalue weighted by molar-refractivity contribution is 5.34. The number of halogens is 3. The van der Waals surface area contributed by atoms with Gasteiger partial charge in [-0.1, -0.05) is 40.0 Å². The molecule has 0 rings (SSSR count). The molecular weight excluding hydrogens is 189 g/mol. The van der Waals surface area contributed by atoms with Crippen molar-refractivity contribution in [2.75, 3.05) is 0 Å². The highest BCUT2D eigenvalue weighted by Gasteiger charge is 2.14. The molecule has 14 heavy (non-hydrogen) atoms. The molecule has 0 aliphatic rings. The molecule has 0 saturated heterocycles. The fourth-order valence-corrected chi connectivity index (χ4v) is 0.634. The molecule has 0 aromatic rings. The Balaban J connectivity index is 0. The van der Waals surface area contributed by atoms with Crippen LogP contribution in [0.5, 0.6) is 0 Å². The standard InChI is InChI=1S/C9H11F3.C2H6/c1-4-6(3)8(10)7(5-2)9(11)12;1-2/h5,9H,2-4H2,1H3;1-2H3/b8-7-;. The maximum absolute atomic E-state index is 12.9. The summed E-state index contributed by atoms with van der Waals surface area (Å²) in [6.45, 7) is 12.1. The van der Waals surface area contributed by atoms with Gasteiger partial charge >= 0.3 is 0 Å². The zero-order valence-corrected chi connectivity index (χ0v) is 8.91. The first kappa shape index (κ1) is 15.5. The maximum Gasteiger partial charge on any atom is 0.266 e. The first-order chi connectivity index (χ1) is 6.54. The Labute approximate surface area is 83.8 Å². The number of hydrogen-bond donors (Lipinski definition) is 0. The van der Waals surface area contributed by atoms with E-state index >= 15 is 0 Å². The quantitative estimate of drug-likeness (QED) is 0.587. The van der Waals surface area contributed by atoms with Gasteiger partial charge in [0.1, 0.15) is 5.83 Å². The predicted octanol–water partition coefficient (Wildman–Crippen LogP) is 4.65. The van der Waals surface area contributed by atoms with Crippen molar-refractivity contribution in [1.29, 1.82) is 0 Å². The fourth-order valence-electron chi connectivity index (χ4n) is 0.634. The summed E-state index contributed by atoms with van der Waals surface area (Å²) in [6.07, 6.45) is -1.69. The molecule has 0 aliphatic carbocycles. The van der Waals surface area contributed by atoms with E-state index in [4.69, 9.17) is 0 Å². The van der Waals surface area contributed by atoms with E-state index in [-0.39, 0.29) is 5.57 Å². The average molecular weight is 206 g/mol. The molecule has 0 nitrogen and oxygen atoms in total. The number of rotatable bonds is 4. The van der Waals surface area contributed by atoms with Gasteiger partial charge in [0, 0.05) is 0 Å². The van der Waals surface area contributed by atoms with Gasteiger partial charge in [-0.05, 0) is 12.0 Å². The Morgan fingerprint density at radius 3 is 2.00 bits per heavy atom. The summed E-state index contributed by atoms with van der Waals surface area (Å²) >= 11 is 0. The first-order valence-corrected chi connectivity index (χ1v) is 4.53. The van der Waals surface area contributed by atoms with Crippen molar-refractivity contribution in [3.05, 3.63) is 36.2 Å². The van der Waals surface area contributed by atoms with Crippen molar-refractivity contribution in [3.63, 3.8) is 0 Å². The third-order valence-electron chi connectivity index (χ3n) is 1.45. The summed E-state index contributed by atoms with van der Waals surface area (Å²) in [5, 5.41) is 0. The van der Waals surface area contributed by atoms with Gasteiger partial charge in [0.15, 0.2) is 0 Å². The fraction of sp³-hybridized carbons (Fsp3) is 0.455. The highest BCUT2D eigenvalue weighted by atomic mass is 19.3. The lowest BCUT2D eigenvalue weighted by molar-refractivity contribution is 0.190. The monoisotopic (exact) mass is 206 g/mol. The van der Waals surface area contributed by atoms with Crippen LogP contribution in [-0.2, 0) is 0 Å². The molecule has 0 aromatic heterocycles. The minimum absolute atomic E-state index is 0.0743. The molecule has 0 radical (unpaired) electrons. The molecule has 82 valence electrons. The van der Waals surface area contributed by atoms with Crippen LogP contribution in [-0.4, -0.2) is 6.43 Å². The van der Waals surface area contributed by atoms with E-state index in [9.17, 15) is 13.2 Å². The van der Waals surface area contributed by atoms with Crippen LogP contribution < -0.4 is 0 Å². The molecular formula is C11H17F3. The van der Waals surface area contributed by atoms with Gasteiger partial charge in [-0.15, -0.1) is 0 Å². The van der Waals surface area contributed by atoms with Gasteiger partial charge in [-0.25, -0.2) is 13.2 Å². The maximum atomic E-state index is 12.9. The van der Waals surface area contributed by atoms with E-state index in [1.807, 2.05) is 13.8 Å². The van der Waals surface area contributed by atoms with Crippen LogP contribution in [0.2, 0.25) is 0 Å². The van der Waals surface area contributed by atoms with Gasteiger partial charge in [-0.2, -0.15) is 0 Å². The van der Waals surface area contributed by atoms with Gasteiger partial charge < -0.3 is 0 Å². The van der Waals surface area contributed by atoms with Crippen LogP contribution in [0.25, 0.3) is 0 Å². The molecule has 0 spiro atoms. The zero-order valence-electron chi connectivity index (χ0n) is 8.91. The third-order valence-corrected chi connectivity index (χ3v) is 1.45. The first-order valence-electron chi connectivity index (χ1n) is 4.53. The van der Waals surface area contributed by atoms with Crippen molar-refractivity contribution >= 4 is 0 Å². The Hall–Kier alpha value is -0.990. The number of hydrogen-bond acceptors (Lipinski definition) is 0. The Morgan fingerprint density at radius 2 is 1.79 bits per heavy atom. The second-order valence-corrected chi connectivity index (χ2v) is 2.23. The molecule has 3 heteroatoms. The van der Waals surface area contributed by atoms with Crippen LogP contribution in [0.15, 0.2) is 36.2 Å². The Morgan fingerprint density at radius 1 is 1.36 bits per heavy atom. The highest BCUT2D eigenvalue weighted by Crippen LogP contribution is 2.22. The minimum atomic E-state index is -2.83. The smallest absolute Gasteiger partial charge is 0.206 e.